The second-order valence-electron chi connectivity index (χ2n) is 4.16. The van der Waals surface area contributed by atoms with Crippen molar-refractivity contribution in [2.24, 2.45) is 0 Å². The summed E-state index contributed by atoms with van der Waals surface area (Å²) in [5.41, 5.74) is 1.28. The molecule has 1 aliphatic rings. The number of benzene rings is 1. The maximum atomic E-state index is 8.86. The van der Waals surface area contributed by atoms with Gasteiger partial charge in [-0.15, -0.1) is 0 Å². The maximum absolute atomic E-state index is 8.86. The van der Waals surface area contributed by atoms with Crippen molar-refractivity contribution in [2.45, 2.75) is 13.0 Å². The van der Waals surface area contributed by atoms with Crippen molar-refractivity contribution in [1.29, 1.82) is 5.26 Å². The van der Waals surface area contributed by atoms with E-state index >= 15 is 0 Å². The smallest absolute Gasteiger partial charge is 0.0950 e. The molecule has 1 fully saturated rings. The summed E-state index contributed by atoms with van der Waals surface area (Å²) in [5.74, 6) is 0. The van der Waals surface area contributed by atoms with Crippen LogP contribution in [0.25, 0.3) is 0 Å². The van der Waals surface area contributed by atoms with Crippen LogP contribution >= 0.6 is 0 Å². The molecule has 2 rings (SSSR count). The number of para-hydroxylation sites is 1. The van der Waals surface area contributed by atoms with Crippen LogP contribution in [0, 0.1) is 11.3 Å². The Labute approximate surface area is 96.9 Å². The molecule has 0 amide bonds. The van der Waals surface area contributed by atoms with Gasteiger partial charge in [-0.05, 0) is 19.1 Å². The molecular weight excluding hydrogens is 198 g/mol. The van der Waals surface area contributed by atoms with E-state index in [0.717, 1.165) is 26.2 Å². The fraction of sp³-hybridized carbons (Fsp3) is 0.462. The van der Waals surface area contributed by atoms with Crippen LogP contribution in [-0.2, 0) is 0 Å². The van der Waals surface area contributed by atoms with Crippen molar-refractivity contribution in [3.8, 4) is 6.07 Å². The molecule has 16 heavy (non-hydrogen) atoms. The van der Waals surface area contributed by atoms with E-state index in [1.54, 1.807) is 0 Å². The van der Waals surface area contributed by atoms with Gasteiger partial charge in [0.25, 0.3) is 0 Å². The van der Waals surface area contributed by atoms with E-state index < -0.39 is 0 Å². The number of rotatable bonds is 2. The summed E-state index contributed by atoms with van der Waals surface area (Å²) in [5, 5.41) is 8.86. The standard InChI is InChI=1S/C13H17N3/c1-12(11-14)15-7-9-16(10-8-15)13-5-3-2-4-6-13/h2-6,12H,7-10H2,1H3/t12-/m0/s1. The highest BCUT2D eigenvalue weighted by atomic mass is 15.3. The molecule has 1 atom stereocenters. The van der Waals surface area contributed by atoms with E-state index in [2.05, 4.69) is 40.1 Å². The maximum Gasteiger partial charge on any atom is 0.0950 e. The SMILES string of the molecule is C[C@@H](C#N)N1CCN(c2ccccc2)CC1. The van der Waals surface area contributed by atoms with E-state index in [9.17, 15) is 0 Å². The molecule has 0 saturated carbocycles. The molecule has 0 aliphatic carbocycles. The van der Waals surface area contributed by atoms with E-state index in [1.165, 1.54) is 5.69 Å². The van der Waals surface area contributed by atoms with Crippen LogP contribution in [0.3, 0.4) is 0 Å². The lowest BCUT2D eigenvalue weighted by atomic mass is 10.2. The first-order valence-corrected chi connectivity index (χ1v) is 5.75. The van der Waals surface area contributed by atoms with Gasteiger partial charge in [0, 0.05) is 31.9 Å². The molecule has 84 valence electrons. The minimum Gasteiger partial charge on any atom is -0.369 e. The second-order valence-corrected chi connectivity index (χ2v) is 4.16. The Bertz CT molecular complexity index is 361. The lowest BCUT2D eigenvalue weighted by molar-refractivity contribution is 0.231. The summed E-state index contributed by atoms with van der Waals surface area (Å²) < 4.78 is 0. The monoisotopic (exact) mass is 215 g/mol. The zero-order chi connectivity index (χ0) is 11.4. The minimum absolute atomic E-state index is 0.0397. The first-order chi connectivity index (χ1) is 7.81. The molecule has 0 bridgehead atoms. The van der Waals surface area contributed by atoms with Crippen molar-refractivity contribution in [2.75, 3.05) is 31.1 Å². The Morgan fingerprint density at radius 2 is 1.75 bits per heavy atom. The molecule has 0 unspecified atom stereocenters. The van der Waals surface area contributed by atoms with Gasteiger partial charge in [0.2, 0.25) is 0 Å². The van der Waals surface area contributed by atoms with Crippen LogP contribution < -0.4 is 4.90 Å². The van der Waals surface area contributed by atoms with Gasteiger partial charge in [-0.25, -0.2) is 0 Å². The van der Waals surface area contributed by atoms with Crippen LogP contribution in [-0.4, -0.2) is 37.1 Å². The topological polar surface area (TPSA) is 30.3 Å². The molecule has 0 N–H and O–H groups in total. The van der Waals surface area contributed by atoms with Crippen molar-refractivity contribution in [3.05, 3.63) is 30.3 Å². The Balaban J connectivity index is 1.94. The van der Waals surface area contributed by atoms with Gasteiger partial charge in [-0.3, -0.25) is 4.90 Å². The van der Waals surface area contributed by atoms with Gasteiger partial charge in [-0.1, -0.05) is 18.2 Å². The normalized spacial score (nSPS) is 19.1. The van der Waals surface area contributed by atoms with Crippen molar-refractivity contribution in [3.63, 3.8) is 0 Å². The predicted molar refractivity (Wildman–Crippen MR) is 65.3 cm³/mol. The van der Waals surface area contributed by atoms with Gasteiger partial charge in [0.1, 0.15) is 0 Å². The molecule has 1 heterocycles. The Kier molecular flexibility index (Phi) is 3.43. The highest BCUT2D eigenvalue weighted by Gasteiger charge is 2.20. The van der Waals surface area contributed by atoms with Gasteiger partial charge >= 0.3 is 0 Å². The second kappa shape index (κ2) is 5.00. The average Bonchev–Trinajstić information content (AvgIpc) is 2.39. The van der Waals surface area contributed by atoms with Crippen LogP contribution in [0.1, 0.15) is 6.92 Å². The molecule has 1 aromatic rings. The van der Waals surface area contributed by atoms with E-state index in [1.807, 2.05) is 13.0 Å². The van der Waals surface area contributed by atoms with Crippen LogP contribution in [0.15, 0.2) is 30.3 Å². The molecule has 0 spiro atoms. The van der Waals surface area contributed by atoms with E-state index in [4.69, 9.17) is 5.26 Å². The highest BCUT2D eigenvalue weighted by molar-refractivity contribution is 5.46. The van der Waals surface area contributed by atoms with Gasteiger partial charge in [-0.2, -0.15) is 5.26 Å². The third-order valence-corrected chi connectivity index (χ3v) is 3.17. The van der Waals surface area contributed by atoms with Crippen LogP contribution in [0.5, 0.6) is 0 Å². The zero-order valence-corrected chi connectivity index (χ0v) is 9.63. The Morgan fingerprint density at radius 3 is 2.31 bits per heavy atom. The summed E-state index contributed by atoms with van der Waals surface area (Å²) in [6.07, 6.45) is 0. The van der Waals surface area contributed by atoms with Gasteiger partial charge in [0.05, 0.1) is 12.1 Å². The quantitative estimate of drug-likeness (QED) is 0.752. The van der Waals surface area contributed by atoms with E-state index in [-0.39, 0.29) is 6.04 Å². The molecule has 3 heteroatoms. The fourth-order valence-electron chi connectivity index (χ4n) is 2.09. The summed E-state index contributed by atoms with van der Waals surface area (Å²) in [6.45, 7) is 5.94. The molecule has 0 radical (unpaired) electrons. The fourth-order valence-corrected chi connectivity index (χ4v) is 2.09. The van der Waals surface area contributed by atoms with Crippen LogP contribution in [0.4, 0.5) is 5.69 Å². The number of hydrogen-bond donors (Lipinski definition) is 0. The molecular formula is C13H17N3. The summed E-state index contributed by atoms with van der Waals surface area (Å²) >= 11 is 0. The number of nitriles is 1. The van der Waals surface area contributed by atoms with Gasteiger partial charge in [0.15, 0.2) is 0 Å². The van der Waals surface area contributed by atoms with Crippen molar-refractivity contribution in [1.82, 2.24) is 4.90 Å². The van der Waals surface area contributed by atoms with Crippen molar-refractivity contribution >= 4 is 5.69 Å². The first kappa shape index (κ1) is 11.0. The third kappa shape index (κ3) is 2.34. The molecule has 1 aromatic carbocycles. The number of hydrogen-bond acceptors (Lipinski definition) is 3. The third-order valence-electron chi connectivity index (χ3n) is 3.17. The van der Waals surface area contributed by atoms with E-state index in [0.29, 0.717) is 0 Å². The summed E-state index contributed by atoms with van der Waals surface area (Å²) in [6, 6.07) is 12.8. The summed E-state index contributed by atoms with van der Waals surface area (Å²) in [4.78, 5) is 4.61. The predicted octanol–water partition coefficient (Wildman–Crippen LogP) is 1.72. The largest absolute Gasteiger partial charge is 0.369 e. The summed E-state index contributed by atoms with van der Waals surface area (Å²) in [7, 11) is 0. The zero-order valence-electron chi connectivity index (χ0n) is 9.63. The Morgan fingerprint density at radius 1 is 1.12 bits per heavy atom. The lowest BCUT2D eigenvalue weighted by Gasteiger charge is -2.37. The molecule has 3 nitrogen and oxygen atoms in total. The van der Waals surface area contributed by atoms with Gasteiger partial charge < -0.3 is 4.90 Å². The first-order valence-electron chi connectivity index (χ1n) is 5.75. The number of nitrogens with zero attached hydrogens (tertiary/aromatic N) is 3. The number of piperazine rings is 1. The van der Waals surface area contributed by atoms with Crippen molar-refractivity contribution < 1.29 is 0 Å². The lowest BCUT2D eigenvalue weighted by Crippen LogP contribution is -2.49. The number of anilines is 1. The molecule has 1 saturated heterocycles. The average molecular weight is 215 g/mol. The molecule has 1 aliphatic heterocycles. The minimum atomic E-state index is 0.0397. The Hall–Kier alpha value is -1.53. The highest BCUT2D eigenvalue weighted by Crippen LogP contribution is 2.16. The molecule has 0 aromatic heterocycles. The van der Waals surface area contributed by atoms with Crippen LogP contribution in [0.2, 0.25) is 0 Å².